The van der Waals surface area contributed by atoms with Crippen LogP contribution >= 0.6 is 0 Å². The maximum Gasteiger partial charge on any atom is 0.329 e. The number of hydrogen-bond acceptors (Lipinski definition) is 3. The van der Waals surface area contributed by atoms with E-state index in [-0.39, 0.29) is 12.1 Å². The predicted molar refractivity (Wildman–Crippen MR) is 63.6 cm³/mol. The van der Waals surface area contributed by atoms with Gasteiger partial charge in [-0.1, -0.05) is 0 Å². The summed E-state index contributed by atoms with van der Waals surface area (Å²) in [5.41, 5.74) is -0.544. The lowest BCUT2D eigenvalue weighted by Crippen LogP contribution is -2.61. The molecule has 2 rings (SSSR count). The third-order valence-corrected chi connectivity index (χ3v) is 3.14. The summed E-state index contributed by atoms with van der Waals surface area (Å²) >= 11 is 0. The van der Waals surface area contributed by atoms with Gasteiger partial charge in [-0.15, -0.1) is 0 Å². The third-order valence-electron chi connectivity index (χ3n) is 3.14. The van der Waals surface area contributed by atoms with E-state index in [1.807, 2.05) is 0 Å². The van der Waals surface area contributed by atoms with Gasteiger partial charge in [0.15, 0.2) is 11.6 Å². The fourth-order valence-electron chi connectivity index (χ4n) is 2.26. The maximum absolute atomic E-state index is 13.5. The summed E-state index contributed by atoms with van der Waals surface area (Å²) in [4.78, 5) is 12.2. The summed E-state index contributed by atoms with van der Waals surface area (Å²) in [6, 6.07) is 1.35. The molecule has 0 aromatic heterocycles. The molecule has 1 aromatic carbocycles. The van der Waals surface area contributed by atoms with Crippen LogP contribution in [0.2, 0.25) is 0 Å². The van der Waals surface area contributed by atoms with E-state index < -0.39 is 35.6 Å². The van der Waals surface area contributed by atoms with Gasteiger partial charge in [0.2, 0.25) is 0 Å². The second kappa shape index (κ2) is 5.41. The first-order valence-electron chi connectivity index (χ1n) is 6.01. The van der Waals surface area contributed by atoms with Crippen LogP contribution in [0.25, 0.3) is 0 Å². The van der Waals surface area contributed by atoms with Crippen molar-refractivity contribution in [3.63, 3.8) is 0 Å². The van der Waals surface area contributed by atoms with Gasteiger partial charge in [-0.2, -0.15) is 0 Å². The number of hydrogen-bond donors (Lipinski definition) is 1. The van der Waals surface area contributed by atoms with E-state index in [1.54, 1.807) is 11.8 Å². The number of ether oxygens (including phenoxy) is 1. The lowest BCUT2D eigenvalue weighted by Gasteiger charge is -2.47. The lowest BCUT2D eigenvalue weighted by atomic mass is 9.95. The number of carboxylic acids is 1. The Balaban J connectivity index is 1.91. The molecule has 1 heterocycles. The zero-order valence-corrected chi connectivity index (χ0v) is 10.8. The number of nitrogens with zero attached hydrogens (tertiary/aromatic N) is 1. The molecule has 0 aliphatic carbocycles. The summed E-state index contributed by atoms with van der Waals surface area (Å²) in [5, 5.41) is 8.53. The fourth-order valence-corrected chi connectivity index (χ4v) is 2.26. The van der Waals surface area contributed by atoms with Crippen molar-refractivity contribution in [2.75, 3.05) is 19.7 Å². The molecule has 110 valence electrons. The Kier molecular flexibility index (Phi) is 4.01. The van der Waals surface area contributed by atoms with Gasteiger partial charge in [-0.3, -0.25) is 4.90 Å². The van der Waals surface area contributed by atoms with Crippen LogP contribution in [0, 0.1) is 17.5 Å². The Hall–Kier alpha value is -1.60. The van der Waals surface area contributed by atoms with Crippen LogP contribution in [0.3, 0.4) is 0 Å². The highest BCUT2D eigenvalue weighted by molar-refractivity contribution is 5.68. The van der Waals surface area contributed by atoms with Crippen molar-refractivity contribution in [3.8, 4) is 0 Å². The molecule has 0 spiro atoms. The van der Waals surface area contributed by atoms with Gasteiger partial charge >= 0.3 is 5.97 Å². The Labute approximate surface area is 113 Å². The first kappa shape index (κ1) is 14.8. The number of benzene rings is 1. The standard InChI is InChI=1S/C13H14F3NO3/c1-13(20-5-12(18)19)6-17(7-13)4-8-2-10(15)11(16)3-9(8)14/h2-3H,4-7H2,1H3,(H,18,19). The van der Waals surface area contributed by atoms with Crippen molar-refractivity contribution in [1.82, 2.24) is 4.90 Å². The zero-order valence-electron chi connectivity index (χ0n) is 10.8. The summed E-state index contributed by atoms with van der Waals surface area (Å²) in [5.74, 6) is -4.17. The SMILES string of the molecule is CC1(OCC(=O)O)CN(Cc2cc(F)c(F)cc2F)C1. The Morgan fingerprint density at radius 3 is 2.50 bits per heavy atom. The normalized spacial score (nSPS) is 17.8. The van der Waals surface area contributed by atoms with Gasteiger partial charge in [0.1, 0.15) is 12.4 Å². The summed E-state index contributed by atoms with van der Waals surface area (Å²) in [6.45, 7) is 2.27. The van der Waals surface area contributed by atoms with Gasteiger partial charge < -0.3 is 9.84 Å². The highest BCUT2D eigenvalue weighted by Gasteiger charge is 2.40. The zero-order chi connectivity index (χ0) is 14.9. The molecule has 0 radical (unpaired) electrons. The first-order valence-corrected chi connectivity index (χ1v) is 6.01. The minimum atomic E-state index is -1.22. The Morgan fingerprint density at radius 1 is 1.30 bits per heavy atom. The average molecular weight is 289 g/mol. The van der Waals surface area contributed by atoms with Gasteiger partial charge in [0.05, 0.1) is 5.60 Å². The molecule has 0 unspecified atom stereocenters. The lowest BCUT2D eigenvalue weighted by molar-refractivity contribution is -0.165. The molecule has 0 saturated carbocycles. The van der Waals surface area contributed by atoms with E-state index in [0.717, 1.165) is 6.07 Å². The third kappa shape index (κ3) is 3.29. The van der Waals surface area contributed by atoms with Gasteiger partial charge in [0, 0.05) is 31.3 Å². The van der Waals surface area contributed by atoms with Crippen molar-refractivity contribution >= 4 is 5.97 Å². The van der Waals surface area contributed by atoms with Gasteiger partial charge in [-0.05, 0) is 13.0 Å². The molecular weight excluding hydrogens is 275 g/mol. The van der Waals surface area contributed by atoms with E-state index in [4.69, 9.17) is 9.84 Å². The molecule has 1 aliphatic rings. The molecule has 0 bridgehead atoms. The van der Waals surface area contributed by atoms with Crippen LogP contribution in [0.1, 0.15) is 12.5 Å². The molecule has 0 atom stereocenters. The highest BCUT2D eigenvalue weighted by Crippen LogP contribution is 2.27. The van der Waals surface area contributed by atoms with E-state index in [2.05, 4.69) is 0 Å². The summed E-state index contributed by atoms with van der Waals surface area (Å²) in [7, 11) is 0. The topological polar surface area (TPSA) is 49.8 Å². The molecule has 1 N–H and O–H groups in total. The number of rotatable bonds is 5. The van der Waals surface area contributed by atoms with Crippen LogP contribution < -0.4 is 0 Å². The second-order valence-electron chi connectivity index (χ2n) is 5.14. The molecule has 1 saturated heterocycles. The van der Waals surface area contributed by atoms with Gasteiger partial charge in [0.25, 0.3) is 0 Å². The second-order valence-corrected chi connectivity index (χ2v) is 5.14. The van der Waals surface area contributed by atoms with Gasteiger partial charge in [-0.25, -0.2) is 18.0 Å². The number of halogens is 3. The number of likely N-dealkylation sites (tertiary alicyclic amines) is 1. The van der Waals surface area contributed by atoms with Crippen LogP contribution in [0.4, 0.5) is 13.2 Å². The van der Waals surface area contributed by atoms with Crippen LogP contribution in [0.15, 0.2) is 12.1 Å². The molecule has 20 heavy (non-hydrogen) atoms. The maximum atomic E-state index is 13.5. The molecule has 1 aromatic rings. The van der Waals surface area contributed by atoms with E-state index in [1.165, 1.54) is 0 Å². The van der Waals surface area contributed by atoms with Crippen molar-refractivity contribution in [1.29, 1.82) is 0 Å². The van der Waals surface area contributed by atoms with Crippen LogP contribution in [-0.2, 0) is 16.1 Å². The smallest absolute Gasteiger partial charge is 0.329 e. The highest BCUT2D eigenvalue weighted by atomic mass is 19.2. The molecule has 1 fully saturated rings. The van der Waals surface area contributed by atoms with Crippen LogP contribution in [-0.4, -0.2) is 41.3 Å². The average Bonchev–Trinajstić information content (AvgIpc) is 2.31. The number of carboxylic acid groups (broad SMARTS) is 1. The molecule has 1 aliphatic heterocycles. The Bertz CT molecular complexity index is 530. The fraction of sp³-hybridized carbons (Fsp3) is 0.462. The molecular formula is C13H14F3NO3. The van der Waals surface area contributed by atoms with Crippen molar-refractivity contribution < 1.29 is 27.8 Å². The van der Waals surface area contributed by atoms with Crippen molar-refractivity contribution in [3.05, 3.63) is 35.1 Å². The minimum Gasteiger partial charge on any atom is -0.480 e. The predicted octanol–water partition coefficient (Wildman–Crippen LogP) is 1.78. The Morgan fingerprint density at radius 2 is 1.90 bits per heavy atom. The molecule has 0 amide bonds. The largest absolute Gasteiger partial charge is 0.480 e. The quantitative estimate of drug-likeness (QED) is 0.840. The van der Waals surface area contributed by atoms with Crippen LogP contribution in [0.5, 0.6) is 0 Å². The molecule has 4 nitrogen and oxygen atoms in total. The number of aliphatic carboxylic acids is 1. The summed E-state index contributed by atoms with van der Waals surface area (Å²) < 4.78 is 44.5. The van der Waals surface area contributed by atoms with Crippen molar-refractivity contribution in [2.24, 2.45) is 0 Å². The van der Waals surface area contributed by atoms with Crippen molar-refractivity contribution in [2.45, 2.75) is 19.1 Å². The number of carbonyl (C=O) groups is 1. The monoisotopic (exact) mass is 289 g/mol. The minimum absolute atomic E-state index is 0.0594. The summed E-state index contributed by atoms with van der Waals surface area (Å²) in [6.07, 6.45) is 0. The first-order chi connectivity index (χ1) is 9.29. The van der Waals surface area contributed by atoms with E-state index in [0.29, 0.717) is 19.2 Å². The molecule has 7 heteroatoms. The van der Waals surface area contributed by atoms with E-state index >= 15 is 0 Å². The van der Waals surface area contributed by atoms with E-state index in [9.17, 15) is 18.0 Å².